The van der Waals surface area contributed by atoms with Crippen LogP contribution in [0.3, 0.4) is 0 Å². The number of nitrogen functional groups attached to an aromatic ring is 1. The SMILES string of the molecule is Cc1cc(N)cc2c1Nc1c(C)cc(N3CCN(C(C)C)CC3)cc1S2. The van der Waals surface area contributed by atoms with Crippen LogP contribution in [0.25, 0.3) is 0 Å². The third-order valence-corrected chi connectivity index (χ3v) is 6.57. The summed E-state index contributed by atoms with van der Waals surface area (Å²) in [5.41, 5.74) is 13.2. The van der Waals surface area contributed by atoms with E-state index in [-0.39, 0.29) is 0 Å². The van der Waals surface area contributed by atoms with Crippen molar-refractivity contribution in [3.05, 3.63) is 35.4 Å². The van der Waals surface area contributed by atoms with E-state index in [4.69, 9.17) is 5.73 Å². The molecule has 2 aliphatic heterocycles. The van der Waals surface area contributed by atoms with E-state index in [0.29, 0.717) is 6.04 Å². The van der Waals surface area contributed by atoms with Crippen LogP contribution in [0.1, 0.15) is 25.0 Å². The molecule has 2 heterocycles. The molecule has 4 nitrogen and oxygen atoms in total. The smallest absolute Gasteiger partial charge is 0.0557 e. The summed E-state index contributed by atoms with van der Waals surface area (Å²) in [6, 6.07) is 9.41. The number of hydrogen-bond donors (Lipinski definition) is 2. The average Bonchev–Trinajstić information content (AvgIpc) is 2.60. The minimum atomic E-state index is 0.632. The second kappa shape index (κ2) is 6.71. The highest BCUT2D eigenvalue weighted by atomic mass is 32.2. The lowest BCUT2D eigenvalue weighted by Gasteiger charge is -2.38. The zero-order valence-corrected chi connectivity index (χ0v) is 16.9. The first-order valence-electron chi connectivity index (χ1n) is 9.41. The number of benzene rings is 2. The Bertz CT molecular complexity index is 838. The van der Waals surface area contributed by atoms with Crippen LogP contribution in [-0.4, -0.2) is 37.1 Å². The van der Waals surface area contributed by atoms with Crippen molar-refractivity contribution in [2.24, 2.45) is 0 Å². The number of fused-ring (bicyclic) bond motifs is 2. The first-order chi connectivity index (χ1) is 12.4. The molecule has 3 N–H and O–H groups in total. The van der Waals surface area contributed by atoms with Crippen molar-refractivity contribution in [3.8, 4) is 0 Å². The maximum absolute atomic E-state index is 6.06. The van der Waals surface area contributed by atoms with Gasteiger partial charge in [0.15, 0.2) is 0 Å². The molecule has 1 saturated heterocycles. The molecule has 0 unspecified atom stereocenters. The molecule has 1 fully saturated rings. The number of anilines is 4. The second-order valence-corrected chi connectivity index (χ2v) is 8.77. The maximum Gasteiger partial charge on any atom is 0.0557 e. The molecule has 2 aromatic carbocycles. The van der Waals surface area contributed by atoms with Crippen molar-refractivity contribution < 1.29 is 0 Å². The minimum Gasteiger partial charge on any atom is -0.399 e. The van der Waals surface area contributed by atoms with E-state index in [1.807, 2.05) is 17.8 Å². The van der Waals surface area contributed by atoms with E-state index in [1.54, 1.807) is 0 Å². The van der Waals surface area contributed by atoms with Gasteiger partial charge in [0, 0.05) is 53.4 Å². The Morgan fingerprint density at radius 1 is 0.923 bits per heavy atom. The first-order valence-corrected chi connectivity index (χ1v) is 10.2. The average molecular weight is 369 g/mol. The molecular weight excluding hydrogens is 340 g/mol. The molecule has 5 heteroatoms. The standard InChI is InChI=1S/C21H28N4S/c1-13(2)24-5-7-25(8-6-24)17-10-15(4)21-19(12-17)26-18-11-16(22)9-14(3)20(18)23-21/h9-13,23H,5-8,22H2,1-4H3. The summed E-state index contributed by atoms with van der Waals surface area (Å²) in [5, 5.41) is 3.65. The molecule has 0 radical (unpaired) electrons. The topological polar surface area (TPSA) is 44.5 Å². The van der Waals surface area contributed by atoms with Gasteiger partial charge >= 0.3 is 0 Å². The van der Waals surface area contributed by atoms with Gasteiger partial charge in [-0.15, -0.1) is 0 Å². The van der Waals surface area contributed by atoms with Crippen molar-refractivity contribution in [2.45, 2.75) is 43.5 Å². The first kappa shape index (κ1) is 17.6. The van der Waals surface area contributed by atoms with Gasteiger partial charge in [-0.1, -0.05) is 11.8 Å². The molecule has 0 amide bonds. The summed E-state index contributed by atoms with van der Waals surface area (Å²) in [5.74, 6) is 0. The highest BCUT2D eigenvalue weighted by Crippen LogP contribution is 2.48. The van der Waals surface area contributed by atoms with Gasteiger partial charge < -0.3 is 16.0 Å². The molecule has 0 bridgehead atoms. The van der Waals surface area contributed by atoms with E-state index in [9.17, 15) is 0 Å². The number of piperazine rings is 1. The molecule has 0 aromatic heterocycles. The van der Waals surface area contributed by atoms with Crippen molar-refractivity contribution >= 4 is 34.5 Å². The van der Waals surface area contributed by atoms with Gasteiger partial charge in [0.2, 0.25) is 0 Å². The third kappa shape index (κ3) is 3.14. The van der Waals surface area contributed by atoms with Crippen LogP contribution in [0.15, 0.2) is 34.1 Å². The molecule has 2 aromatic rings. The number of nitrogens with one attached hydrogen (secondary N) is 1. The summed E-state index contributed by atoms with van der Waals surface area (Å²) in [7, 11) is 0. The highest BCUT2D eigenvalue weighted by Gasteiger charge is 2.23. The van der Waals surface area contributed by atoms with Crippen molar-refractivity contribution in [1.29, 1.82) is 0 Å². The fourth-order valence-corrected chi connectivity index (χ4v) is 5.16. The maximum atomic E-state index is 6.06. The van der Waals surface area contributed by atoms with Crippen molar-refractivity contribution in [1.82, 2.24) is 4.90 Å². The van der Waals surface area contributed by atoms with Crippen LogP contribution in [0, 0.1) is 13.8 Å². The number of nitrogens with zero attached hydrogens (tertiary/aromatic N) is 2. The van der Waals surface area contributed by atoms with Gasteiger partial charge in [-0.3, -0.25) is 4.90 Å². The van der Waals surface area contributed by atoms with Gasteiger partial charge in [0.05, 0.1) is 11.4 Å². The monoisotopic (exact) mass is 368 g/mol. The van der Waals surface area contributed by atoms with E-state index >= 15 is 0 Å². The molecule has 0 aliphatic carbocycles. The largest absolute Gasteiger partial charge is 0.399 e. The molecule has 2 aliphatic rings. The van der Waals surface area contributed by atoms with Gasteiger partial charge in [-0.05, 0) is 63.1 Å². The molecule has 0 spiro atoms. The summed E-state index contributed by atoms with van der Waals surface area (Å²) in [6.45, 7) is 13.4. The van der Waals surface area contributed by atoms with E-state index in [0.717, 1.165) is 31.9 Å². The molecule has 0 atom stereocenters. The Balaban J connectivity index is 1.62. The lowest BCUT2D eigenvalue weighted by Crippen LogP contribution is -2.48. The summed E-state index contributed by atoms with van der Waals surface area (Å²) >= 11 is 1.83. The Labute approximate surface area is 160 Å². The van der Waals surface area contributed by atoms with E-state index in [1.165, 1.54) is 38.0 Å². The van der Waals surface area contributed by atoms with Crippen LogP contribution in [0.4, 0.5) is 22.7 Å². The second-order valence-electron chi connectivity index (χ2n) is 7.69. The number of hydrogen-bond acceptors (Lipinski definition) is 5. The fourth-order valence-electron chi connectivity index (χ4n) is 3.92. The van der Waals surface area contributed by atoms with E-state index < -0.39 is 0 Å². The molecule has 4 rings (SSSR count). The van der Waals surface area contributed by atoms with Gasteiger partial charge in [-0.2, -0.15) is 0 Å². The molecule has 26 heavy (non-hydrogen) atoms. The minimum absolute atomic E-state index is 0.632. The Morgan fingerprint density at radius 2 is 1.54 bits per heavy atom. The van der Waals surface area contributed by atoms with Gasteiger partial charge in [0.25, 0.3) is 0 Å². The Hall–Kier alpha value is -1.85. The number of nitrogens with two attached hydrogens (primary N) is 1. The molecule has 0 saturated carbocycles. The Kier molecular flexibility index (Phi) is 4.53. The number of aryl methyl sites for hydroxylation is 2. The van der Waals surface area contributed by atoms with Crippen molar-refractivity contribution in [2.75, 3.05) is 42.1 Å². The lowest BCUT2D eigenvalue weighted by atomic mass is 10.1. The summed E-state index contributed by atoms with van der Waals surface area (Å²) in [6.07, 6.45) is 0. The number of rotatable bonds is 2. The zero-order chi connectivity index (χ0) is 18.4. The Morgan fingerprint density at radius 3 is 2.19 bits per heavy atom. The third-order valence-electron chi connectivity index (χ3n) is 5.49. The fraction of sp³-hybridized carbons (Fsp3) is 0.429. The summed E-state index contributed by atoms with van der Waals surface area (Å²) < 4.78 is 0. The zero-order valence-electron chi connectivity index (χ0n) is 16.1. The van der Waals surface area contributed by atoms with Crippen LogP contribution >= 0.6 is 11.8 Å². The van der Waals surface area contributed by atoms with Gasteiger partial charge in [0.1, 0.15) is 0 Å². The van der Waals surface area contributed by atoms with Gasteiger partial charge in [-0.25, -0.2) is 0 Å². The molecule has 138 valence electrons. The highest BCUT2D eigenvalue weighted by molar-refractivity contribution is 7.99. The van der Waals surface area contributed by atoms with Crippen LogP contribution in [0.5, 0.6) is 0 Å². The predicted molar refractivity (Wildman–Crippen MR) is 113 cm³/mol. The normalized spacial score (nSPS) is 17.0. The van der Waals surface area contributed by atoms with Crippen LogP contribution < -0.4 is 16.0 Å². The molecular formula is C21H28N4S. The van der Waals surface area contributed by atoms with Crippen LogP contribution in [0.2, 0.25) is 0 Å². The quantitative estimate of drug-likeness (QED) is 0.646. The van der Waals surface area contributed by atoms with Crippen molar-refractivity contribution in [3.63, 3.8) is 0 Å². The van der Waals surface area contributed by atoms with E-state index in [2.05, 4.69) is 61.0 Å². The predicted octanol–water partition coefficient (Wildman–Crippen LogP) is 4.62. The lowest BCUT2D eigenvalue weighted by molar-refractivity contribution is 0.209. The van der Waals surface area contributed by atoms with Crippen LogP contribution in [-0.2, 0) is 0 Å². The summed E-state index contributed by atoms with van der Waals surface area (Å²) in [4.78, 5) is 7.59.